The van der Waals surface area contributed by atoms with Crippen LogP contribution in [-0.2, 0) is 4.79 Å². The number of Topliss-reactive ketones (excluding diaryl/α,β-unsaturated/α-hetero) is 1. The summed E-state index contributed by atoms with van der Waals surface area (Å²) in [4.78, 5) is 32.8. The van der Waals surface area contributed by atoms with Gasteiger partial charge in [-0.2, -0.15) is 0 Å². The molecule has 0 radical (unpaired) electrons. The zero-order valence-corrected chi connectivity index (χ0v) is 17.4. The van der Waals surface area contributed by atoms with E-state index in [2.05, 4.69) is 0 Å². The average Bonchev–Trinajstić information content (AvgIpc) is 3.00. The molecule has 0 N–H and O–H groups in total. The minimum Gasteiger partial charge on any atom is -0.493 e. The number of methoxy groups -OCH3 is 1. The molecule has 0 bridgehead atoms. The SMILES string of the molecule is COc1c(F)cccc1C(=O)CN1C(=O)C(c2ccc(Cl)cc2)=NC12CCCCC2. The number of para-hydroxylation sites is 1. The van der Waals surface area contributed by atoms with Crippen LogP contribution in [0.4, 0.5) is 4.39 Å². The first kappa shape index (κ1) is 20.5. The van der Waals surface area contributed by atoms with Crippen molar-refractivity contribution in [3.8, 4) is 5.75 Å². The number of benzene rings is 2. The van der Waals surface area contributed by atoms with Gasteiger partial charge in [0.1, 0.15) is 11.4 Å². The number of nitrogens with zero attached hydrogens (tertiary/aromatic N) is 2. The molecule has 4 rings (SSSR count). The summed E-state index contributed by atoms with van der Waals surface area (Å²) in [5, 5.41) is 0.572. The molecule has 0 saturated heterocycles. The molecule has 1 heterocycles. The van der Waals surface area contributed by atoms with Crippen LogP contribution >= 0.6 is 11.6 Å². The number of hydrogen-bond donors (Lipinski definition) is 0. The van der Waals surface area contributed by atoms with Crippen molar-refractivity contribution in [2.24, 2.45) is 4.99 Å². The second-order valence-corrected chi connectivity index (χ2v) is 8.08. The van der Waals surface area contributed by atoms with Crippen LogP contribution in [-0.4, -0.2) is 41.6 Å². The fourth-order valence-electron chi connectivity index (χ4n) is 4.31. The van der Waals surface area contributed by atoms with Gasteiger partial charge in [0.25, 0.3) is 5.91 Å². The Bertz CT molecular complexity index is 1010. The Morgan fingerprint density at radius 3 is 2.53 bits per heavy atom. The van der Waals surface area contributed by atoms with Gasteiger partial charge in [-0.05, 0) is 49.9 Å². The summed E-state index contributed by atoms with van der Waals surface area (Å²) in [7, 11) is 1.32. The average molecular weight is 429 g/mol. The lowest BCUT2D eigenvalue weighted by molar-refractivity contribution is -0.128. The molecule has 1 spiro atoms. The lowest BCUT2D eigenvalue weighted by atomic mass is 9.88. The first-order valence-electron chi connectivity index (χ1n) is 9.99. The highest BCUT2D eigenvalue weighted by Gasteiger charge is 2.48. The maximum Gasteiger partial charge on any atom is 0.275 e. The Hall–Kier alpha value is -2.73. The Kier molecular flexibility index (Phi) is 5.60. The molecule has 2 aliphatic rings. The molecular formula is C23H22ClFN2O3. The zero-order valence-electron chi connectivity index (χ0n) is 16.7. The van der Waals surface area contributed by atoms with Crippen molar-refractivity contribution in [1.82, 2.24) is 4.90 Å². The lowest BCUT2D eigenvalue weighted by Gasteiger charge is -2.38. The molecule has 156 valence electrons. The molecule has 0 aromatic heterocycles. The molecule has 1 aliphatic carbocycles. The maximum atomic E-state index is 14.1. The molecular weight excluding hydrogens is 407 g/mol. The first-order valence-corrected chi connectivity index (χ1v) is 10.4. The lowest BCUT2D eigenvalue weighted by Crippen LogP contribution is -2.50. The van der Waals surface area contributed by atoms with Crippen LogP contribution < -0.4 is 4.74 Å². The van der Waals surface area contributed by atoms with Crippen molar-refractivity contribution in [2.45, 2.75) is 37.8 Å². The molecule has 1 aliphatic heterocycles. The molecule has 0 unspecified atom stereocenters. The van der Waals surface area contributed by atoms with E-state index in [4.69, 9.17) is 21.3 Å². The van der Waals surface area contributed by atoms with Gasteiger partial charge >= 0.3 is 0 Å². The summed E-state index contributed by atoms with van der Waals surface area (Å²) in [6.45, 7) is -0.181. The van der Waals surface area contributed by atoms with Gasteiger partial charge in [-0.3, -0.25) is 14.6 Å². The summed E-state index contributed by atoms with van der Waals surface area (Å²) in [6, 6.07) is 11.2. The monoisotopic (exact) mass is 428 g/mol. The van der Waals surface area contributed by atoms with Crippen LogP contribution in [0.15, 0.2) is 47.5 Å². The Morgan fingerprint density at radius 1 is 1.17 bits per heavy atom. The fraction of sp³-hybridized carbons (Fsp3) is 0.348. The predicted octanol–water partition coefficient (Wildman–Crippen LogP) is 4.66. The van der Waals surface area contributed by atoms with Gasteiger partial charge in [0.2, 0.25) is 0 Å². The van der Waals surface area contributed by atoms with Crippen molar-refractivity contribution in [1.29, 1.82) is 0 Å². The maximum absolute atomic E-state index is 14.1. The number of carbonyl (C=O) groups is 2. The van der Waals surface area contributed by atoms with Gasteiger partial charge in [0.05, 0.1) is 19.2 Å². The molecule has 7 heteroatoms. The van der Waals surface area contributed by atoms with Crippen LogP contribution in [0.2, 0.25) is 5.02 Å². The van der Waals surface area contributed by atoms with Crippen LogP contribution in [0.3, 0.4) is 0 Å². The first-order chi connectivity index (χ1) is 14.4. The topological polar surface area (TPSA) is 59.0 Å². The highest BCUT2D eigenvalue weighted by Crippen LogP contribution is 2.40. The van der Waals surface area contributed by atoms with E-state index in [9.17, 15) is 14.0 Å². The van der Waals surface area contributed by atoms with Gasteiger partial charge in [-0.25, -0.2) is 4.39 Å². The molecule has 5 nitrogen and oxygen atoms in total. The number of ketones is 1. The Morgan fingerprint density at radius 2 is 1.87 bits per heavy atom. The predicted molar refractivity (Wildman–Crippen MR) is 113 cm³/mol. The van der Waals surface area contributed by atoms with E-state index >= 15 is 0 Å². The number of amides is 1. The van der Waals surface area contributed by atoms with Crippen LogP contribution in [0.5, 0.6) is 5.75 Å². The smallest absolute Gasteiger partial charge is 0.275 e. The van der Waals surface area contributed by atoms with E-state index in [0.29, 0.717) is 29.1 Å². The normalized spacial score (nSPS) is 17.9. The van der Waals surface area contributed by atoms with Crippen molar-refractivity contribution >= 4 is 29.0 Å². The standard InChI is InChI=1S/C23H22ClFN2O3/c1-30-21-17(6-5-7-18(21)25)19(28)14-27-22(29)20(15-8-10-16(24)11-9-15)26-23(27)12-3-2-4-13-23/h5-11H,2-4,12-14H2,1H3. The van der Waals surface area contributed by atoms with Gasteiger partial charge in [-0.1, -0.05) is 36.2 Å². The van der Waals surface area contributed by atoms with Gasteiger partial charge in [0.15, 0.2) is 17.3 Å². The number of aliphatic imine (C=N–C) groups is 1. The summed E-state index contributed by atoms with van der Waals surface area (Å²) in [5.74, 6) is -1.38. The Labute approximate surface area is 179 Å². The highest BCUT2D eigenvalue weighted by atomic mass is 35.5. The van der Waals surface area contributed by atoms with Gasteiger partial charge < -0.3 is 9.64 Å². The molecule has 30 heavy (non-hydrogen) atoms. The molecule has 1 saturated carbocycles. The Balaban J connectivity index is 1.68. The van der Waals surface area contributed by atoms with E-state index in [1.54, 1.807) is 29.2 Å². The van der Waals surface area contributed by atoms with E-state index in [1.807, 2.05) is 0 Å². The van der Waals surface area contributed by atoms with Gasteiger partial charge in [0, 0.05) is 10.6 Å². The number of rotatable bonds is 5. The number of hydrogen-bond acceptors (Lipinski definition) is 4. The van der Waals surface area contributed by atoms with Crippen LogP contribution in [0.1, 0.15) is 48.0 Å². The van der Waals surface area contributed by atoms with Crippen molar-refractivity contribution in [2.75, 3.05) is 13.7 Å². The molecule has 1 fully saturated rings. The number of halogens is 2. The van der Waals surface area contributed by atoms with E-state index in [1.165, 1.54) is 25.3 Å². The molecule has 2 aromatic rings. The van der Waals surface area contributed by atoms with Crippen molar-refractivity contribution < 1.29 is 18.7 Å². The minimum absolute atomic E-state index is 0.106. The molecule has 1 amide bonds. The zero-order chi connectivity index (χ0) is 21.3. The summed E-state index contributed by atoms with van der Waals surface area (Å²) >= 11 is 5.98. The third kappa shape index (κ3) is 3.60. The number of carbonyl (C=O) groups excluding carboxylic acids is 2. The van der Waals surface area contributed by atoms with Crippen molar-refractivity contribution in [3.63, 3.8) is 0 Å². The van der Waals surface area contributed by atoms with Crippen LogP contribution in [0, 0.1) is 5.82 Å². The minimum atomic E-state index is -0.736. The summed E-state index contributed by atoms with van der Waals surface area (Å²) in [5.41, 5.74) is 0.400. The van der Waals surface area contributed by atoms with E-state index in [0.717, 1.165) is 19.3 Å². The third-order valence-electron chi connectivity index (χ3n) is 5.82. The van der Waals surface area contributed by atoms with E-state index in [-0.39, 0.29) is 29.5 Å². The van der Waals surface area contributed by atoms with E-state index < -0.39 is 11.5 Å². The van der Waals surface area contributed by atoms with Gasteiger partial charge in [-0.15, -0.1) is 0 Å². The summed E-state index contributed by atoms with van der Waals surface area (Å²) in [6.07, 6.45) is 4.32. The largest absolute Gasteiger partial charge is 0.493 e. The molecule has 2 aromatic carbocycles. The highest BCUT2D eigenvalue weighted by molar-refractivity contribution is 6.47. The third-order valence-corrected chi connectivity index (χ3v) is 6.07. The van der Waals surface area contributed by atoms with Crippen LogP contribution in [0.25, 0.3) is 0 Å². The number of ether oxygens (including phenoxy) is 1. The fourth-order valence-corrected chi connectivity index (χ4v) is 4.44. The van der Waals surface area contributed by atoms with Crippen molar-refractivity contribution in [3.05, 3.63) is 64.4 Å². The summed E-state index contributed by atoms with van der Waals surface area (Å²) < 4.78 is 19.2. The second-order valence-electron chi connectivity index (χ2n) is 7.65. The second kappa shape index (κ2) is 8.19. The quantitative estimate of drug-likeness (QED) is 0.650. The molecule has 0 atom stereocenters.